The van der Waals surface area contributed by atoms with Crippen LogP contribution < -0.4 is 0 Å². The lowest BCUT2D eigenvalue weighted by Gasteiger charge is -2.33. The normalized spacial score (nSPS) is 27.4. The summed E-state index contributed by atoms with van der Waals surface area (Å²) in [6.07, 6.45) is 6.80. The third kappa shape index (κ3) is 5.70. The molecule has 3 nitrogen and oxygen atoms in total. The van der Waals surface area contributed by atoms with E-state index in [1.807, 2.05) is 0 Å². The Balaban J connectivity index is 2.26. The molecule has 0 saturated heterocycles. The molecule has 0 bridgehead atoms. The van der Waals surface area contributed by atoms with Crippen LogP contribution in [0.2, 0.25) is 0 Å². The van der Waals surface area contributed by atoms with Crippen molar-refractivity contribution in [2.45, 2.75) is 58.5 Å². The fourth-order valence-electron chi connectivity index (χ4n) is 2.99. The van der Waals surface area contributed by atoms with E-state index in [0.29, 0.717) is 18.8 Å². The van der Waals surface area contributed by atoms with E-state index in [-0.39, 0.29) is 11.9 Å². The summed E-state index contributed by atoms with van der Waals surface area (Å²) in [5.41, 5.74) is 0. The van der Waals surface area contributed by atoms with Crippen molar-refractivity contribution in [3.63, 3.8) is 0 Å². The number of hydrogen-bond acceptors (Lipinski definition) is 3. The minimum absolute atomic E-state index is 0.200. The SMILES string of the molecule is CC(C)C1CCC(C(O)CCCS(C)(=O)=O)CC1. The predicted molar refractivity (Wildman–Crippen MR) is 75.2 cm³/mol. The summed E-state index contributed by atoms with van der Waals surface area (Å²) in [4.78, 5) is 0. The molecule has 1 aliphatic rings. The van der Waals surface area contributed by atoms with Gasteiger partial charge in [0.2, 0.25) is 0 Å². The molecule has 1 aliphatic carbocycles. The third-order valence-electron chi connectivity index (χ3n) is 4.32. The fraction of sp³-hybridized carbons (Fsp3) is 1.00. The number of aliphatic hydroxyl groups excluding tert-OH is 1. The Labute approximate surface area is 112 Å². The van der Waals surface area contributed by atoms with Gasteiger partial charge in [-0.3, -0.25) is 0 Å². The van der Waals surface area contributed by atoms with Gasteiger partial charge in [-0.15, -0.1) is 0 Å². The van der Waals surface area contributed by atoms with Crippen molar-refractivity contribution in [2.24, 2.45) is 17.8 Å². The van der Waals surface area contributed by atoms with Crippen LogP contribution in [-0.4, -0.2) is 31.6 Å². The van der Waals surface area contributed by atoms with Crippen molar-refractivity contribution < 1.29 is 13.5 Å². The van der Waals surface area contributed by atoms with Crippen LogP contribution in [-0.2, 0) is 9.84 Å². The van der Waals surface area contributed by atoms with Crippen LogP contribution in [0.15, 0.2) is 0 Å². The molecule has 1 fully saturated rings. The smallest absolute Gasteiger partial charge is 0.147 e. The quantitative estimate of drug-likeness (QED) is 0.811. The predicted octanol–water partition coefficient (Wildman–Crippen LogP) is 2.63. The van der Waals surface area contributed by atoms with Crippen LogP contribution >= 0.6 is 0 Å². The minimum Gasteiger partial charge on any atom is -0.393 e. The second kappa shape index (κ2) is 6.90. The zero-order chi connectivity index (χ0) is 13.8. The van der Waals surface area contributed by atoms with Gasteiger partial charge in [0.05, 0.1) is 6.10 Å². The van der Waals surface area contributed by atoms with E-state index in [1.165, 1.54) is 19.1 Å². The highest BCUT2D eigenvalue weighted by atomic mass is 32.2. The third-order valence-corrected chi connectivity index (χ3v) is 5.35. The van der Waals surface area contributed by atoms with E-state index < -0.39 is 9.84 Å². The van der Waals surface area contributed by atoms with E-state index >= 15 is 0 Å². The molecule has 0 heterocycles. The highest BCUT2D eigenvalue weighted by Gasteiger charge is 2.27. The molecule has 1 N–H and O–H groups in total. The molecule has 108 valence electrons. The highest BCUT2D eigenvalue weighted by molar-refractivity contribution is 7.90. The molecule has 1 saturated carbocycles. The molecule has 1 atom stereocenters. The Bertz CT molecular complexity index is 327. The summed E-state index contributed by atoms with van der Waals surface area (Å²) in [6.45, 7) is 4.54. The van der Waals surface area contributed by atoms with Gasteiger partial charge in [0.1, 0.15) is 9.84 Å². The lowest BCUT2D eigenvalue weighted by molar-refractivity contribution is 0.0605. The van der Waals surface area contributed by atoms with Crippen molar-refractivity contribution >= 4 is 9.84 Å². The molecule has 18 heavy (non-hydrogen) atoms. The van der Waals surface area contributed by atoms with Gasteiger partial charge in [-0.05, 0) is 56.3 Å². The van der Waals surface area contributed by atoms with E-state index in [1.54, 1.807) is 0 Å². The first-order chi connectivity index (χ1) is 8.29. The molecular formula is C14H28O3S. The average molecular weight is 276 g/mol. The van der Waals surface area contributed by atoms with Crippen molar-refractivity contribution in [1.29, 1.82) is 0 Å². The summed E-state index contributed by atoms with van der Waals surface area (Å²) < 4.78 is 22.1. The average Bonchev–Trinajstić information content (AvgIpc) is 2.27. The maximum Gasteiger partial charge on any atom is 0.147 e. The van der Waals surface area contributed by atoms with Gasteiger partial charge in [-0.1, -0.05) is 13.8 Å². The van der Waals surface area contributed by atoms with Gasteiger partial charge < -0.3 is 5.11 Å². The molecule has 0 aromatic rings. The van der Waals surface area contributed by atoms with Crippen molar-refractivity contribution in [3.05, 3.63) is 0 Å². The van der Waals surface area contributed by atoms with E-state index in [4.69, 9.17) is 0 Å². The Morgan fingerprint density at radius 1 is 1.11 bits per heavy atom. The standard InChI is InChI=1S/C14H28O3S/c1-11(2)12-6-8-13(9-7-12)14(15)5-4-10-18(3,16)17/h11-15H,4-10H2,1-3H3. The Morgan fingerprint density at radius 3 is 2.06 bits per heavy atom. The van der Waals surface area contributed by atoms with Crippen LogP contribution in [0, 0.1) is 17.8 Å². The molecular weight excluding hydrogens is 248 g/mol. The summed E-state index contributed by atoms with van der Waals surface area (Å²) in [5.74, 6) is 2.14. The van der Waals surface area contributed by atoms with Crippen LogP contribution in [0.3, 0.4) is 0 Å². The van der Waals surface area contributed by atoms with E-state index in [9.17, 15) is 13.5 Å². The molecule has 1 rings (SSSR count). The zero-order valence-corrected chi connectivity index (χ0v) is 12.7. The van der Waals surface area contributed by atoms with E-state index in [2.05, 4.69) is 13.8 Å². The van der Waals surface area contributed by atoms with Crippen LogP contribution in [0.1, 0.15) is 52.4 Å². The number of sulfone groups is 1. The second-order valence-electron chi connectivity index (χ2n) is 6.26. The number of aliphatic hydroxyl groups is 1. The molecule has 0 spiro atoms. The molecule has 4 heteroatoms. The molecule has 0 aromatic heterocycles. The molecule has 0 aromatic carbocycles. The zero-order valence-electron chi connectivity index (χ0n) is 11.9. The maximum absolute atomic E-state index is 11.0. The van der Waals surface area contributed by atoms with Crippen molar-refractivity contribution in [1.82, 2.24) is 0 Å². The maximum atomic E-state index is 11.0. The number of rotatable bonds is 6. The summed E-state index contributed by atoms with van der Waals surface area (Å²) in [6, 6.07) is 0. The largest absolute Gasteiger partial charge is 0.393 e. The van der Waals surface area contributed by atoms with Crippen molar-refractivity contribution in [2.75, 3.05) is 12.0 Å². The second-order valence-corrected chi connectivity index (χ2v) is 8.52. The summed E-state index contributed by atoms with van der Waals surface area (Å²) >= 11 is 0. The van der Waals surface area contributed by atoms with Gasteiger partial charge in [0.25, 0.3) is 0 Å². The first-order valence-corrected chi connectivity index (χ1v) is 9.21. The van der Waals surface area contributed by atoms with Gasteiger partial charge in [-0.2, -0.15) is 0 Å². The van der Waals surface area contributed by atoms with Gasteiger partial charge in [0.15, 0.2) is 0 Å². The lowest BCUT2D eigenvalue weighted by atomic mass is 9.74. The van der Waals surface area contributed by atoms with Crippen molar-refractivity contribution in [3.8, 4) is 0 Å². The van der Waals surface area contributed by atoms with Gasteiger partial charge in [-0.25, -0.2) is 8.42 Å². The Morgan fingerprint density at radius 2 is 1.61 bits per heavy atom. The minimum atomic E-state index is -2.88. The molecule has 0 aliphatic heterocycles. The Hall–Kier alpha value is -0.0900. The summed E-state index contributed by atoms with van der Waals surface area (Å²) in [5, 5.41) is 10.1. The van der Waals surface area contributed by atoms with E-state index in [0.717, 1.165) is 24.7 Å². The monoisotopic (exact) mass is 276 g/mol. The summed E-state index contributed by atoms with van der Waals surface area (Å²) in [7, 11) is -2.88. The molecule has 0 amide bonds. The lowest BCUT2D eigenvalue weighted by Crippen LogP contribution is -2.27. The first-order valence-electron chi connectivity index (χ1n) is 7.15. The topological polar surface area (TPSA) is 54.4 Å². The van der Waals surface area contributed by atoms with Crippen LogP contribution in [0.4, 0.5) is 0 Å². The van der Waals surface area contributed by atoms with Crippen LogP contribution in [0.25, 0.3) is 0 Å². The highest BCUT2D eigenvalue weighted by Crippen LogP contribution is 2.35. The van der Waals surface area contributed by atoms with Crippen LogP contribution in [0.5, 0.6) is 0 Å². The fourth-order valence-corrected chi connectivity index (χ4v) is 3.68. The van der Waals surface area contributed by atoms with Gasteiger partial charge >= 0.3 is 0 Å². The Kier molecular flexibility index (Phi) is 6.12. The number of hydrogen-bond donors (Lipinski definition) is 1. The molecule has 1 unspecified atom stereocenters. The van der Waals surface area contributed by atoms with Gasteiger partial charge in [0, 0.05) is 12.0 Å². The first kappa shape index (κ1) is 16.0. The molecule has 0 radical (unpaired) electrons.